The van der Waals surface area contributed by atoms with Crippen molar-refractivity contribution in [2.45, 2.75) is 30.5 Å². The van der Waals surface area contributed by atoms with Crippen LogP contribution >= 0.6 is 0 Å². The van der Waals surface area contributed by atoms with Crippen molar-refractivity contribution in [2.75, 3.05) is 6.61 Å². The molecule has 2 unspecified atom stereocenters. The van der Waals surface area contributed by atoms with Gasteiger partial charge in [-0.2, -0.15) is 0 Å². The third-order valence-electron chi connectivity index (χ3n) is 3.02. The van der Waals surface area contributed by atoms with Gasteiger partial charge in [-0.1, -0.05) is 30.3 Å². The summed E-state index contributed by atoms with van der Waals surface area (Å²) in [5.41, 5.74) is 0.699. The standard InChI is InChI=1S/C12H16O5/c13-6-8-9(14)10(15)11(16)12(17-8)7-4-2-1-3-5-7/h1-5,8-16H,6H2/t8-,9?,10+,11?,12+/m1/s1. The van der Waals surface area contributed by atoms with E-state index in [1.165, 1.54) is 0 Å². The van der Waals surface area contributed by atoms with E-state index in [4.69, 9.17) is 9.84 Å². The molecular formula is C12H16O5. The summed E-state index contributed by atoms with van der Waals surface area (Å²) < 4.78 is 5.41. The van der Waals surface area contributed by atoms with Crippen LogP contribution in [0.4, 0.5) is 0 Å². The molecule has 1 saturated heterocycles. The van der Waals surface area contributed by atoms with Crippen LogP contribution in [0.15, 0.2) is 30.3 Å². The first kappa shape index (κ1) is 12.5. The summed E-state index contributed by atoms with van der Waals surface area (Å²) in [7, 11) is 0. The number of hydrogen-bond acceptors (Lipinski definition) is 5. The minimum Gasteiger partial charge on any atom is -0.394 e. The fourth-order valence-corrected chi connectivity index (χ4v) is 2.02. The first-order valence-corrected chi connectivity index (χ1v) is 5.50. The summed E-state index contributed by atoms with van der Waals surface area (Å²) >= 11 is 0. The van der Waals surface area contributed by atoms with Crippen LogP contribution in [0.1, 0.15) is 11.7 Å². The van der Waals surface area contributed by atoms with Gasteiger partial charge in [0.2, 0.25) is 0 Å². The Morgan fingerprint density at radius 3 is 2.18 bits per heavy atom. The normalized spacial score (nSPS) is 38.0. The Hall–Kier alpha value is -0.980. The highest BCUT2D eigenvalue weighted by atomic mass is 16.5. The molecule has 0 spiro atoms. The Bertz CT molecular complexity index is 353. The quantitative estimate of drug-likeness (QED) is 0.543. The molecule has 17 heavy (non-hydrogen) atoms. The number of aliphatic hydroxyl groups is 4. The largest absolute Gasteiger partial charge is 0.394 e. The SMILES string of the molecule is OC[C@H]1O[C@@H](c2ccccc2)C(O)[C@@H](O)C1O. The van der Waals surface area contributed by atoms with Crippen molar-refractivity contribution in [3.8, 4) is 0 Å². The fourth-order valence-electron chi connectivity index (χ4n) is 2.02. The Kier molecular flexibility index (Phi) is 3.76. The second-order valence-corrected chi connectivity index (χ2v) is 4.16. The molecule has 5 nitrogen and oxygen atoms in total. The number of ether oxygens (including phenoxy) is 1. The molecule has 1 aromatic carbocycles. The van der Waals surface area contributed by atoms with Gasteiger partial charge < -0.3 is 25.2 Å². The topological polar surface area (TPSA) is 90.2 Å². The van der Waals surface area contributed by atoms with E-state index in [0.717, 1.165) is 0 Å². The third kappa shape index (κ3) is 2.34. The van der Waals surface area contributed by atoms with Gasteiger partial charge in [0.25, 0.3) is 0 Å². The first-order chi connectivity index (χ1) is 8.15. The summed E-state index contributed by atoms with van der Waals surface area (Å²) in [6.45, 7) is -0.408. The lowest BCUT2D eigenvalue weighted by Gasteiger charge is -2.40. The smallest absolute Gasteiger partial charge is 0.113 e. The van der Waals surface area contributed by atoms with Gasteiger partial charge in [0.15, 0.2) is 0 Å². The van der Waals surface area contributed by atoms with Crippen molar-refractivity contribution in [2.24, 2.45) is 0 Å². The monoisotopic (exact) mass is 240 g/mol. The molecule has 5 heteroatoms. The van der Waals surface area contributed by atoms with E-state index in [0.29, 0.717) is 5.56 Å². The number of hydrogen-bond donors (Lipinski definition) is 4. The van der Waals surface area contributed by atoms with Crippen LogP contribution in [0.5, 0.6) is 0 Å². The maximum atomic E-state index is 9.86. The van der Waals surface area contributed by atoms with Crippen molar-refractivity contribution in [3.63, 3.8) is 0 Å². The molecule has 0 amide bonds. The van der Waals surface area contributed by atoms with E-state index in [9.17, 15) is 15.3 Å². The molecule has 0 aromatic heterocycles. The van der Waals surface area contributed by atoms with E-state index < -0.39 is 37.1 Å². The number of rotatable bonds is 2. The van der Waals surface area contributed by atoms with E-state index in [1.54, 1.807) is 24.3 Å². The van der Waals surface area contributed by atoms with Gasteiger partial charge in [-0.05, 0) is 5.56 Å². The lowest BCUT2D eigenvalue weighted by atomic mass is 9.91. The molecule has 1 aliphatic heterocycles. The average Bonchev–Trinajstić information content (AvgIpc) is 2.37. The highest BCUT2D eigenvalue weighted by Crippen LogP contribution is 2.31. The van der Waals surface area contributed by atoms with E-state index in [2.05, 4.69) is 0 Å². The van der Waals surface area contributed by atoms with Gasteiger partial charge in [-0.25, -0.2) is 0 Å². The molecule has 94 valence electrons. The second kappa shape index (κ2) is 5.12. The molecule has 1 fully saturated rings. The minimum atomic E-state index is -1.33. The van der Waals surface area contributed by atoms with Crippen molar-refractivity contribution in [1.29, 1.82) is 0 Å². The van der Waals surface area contributed by atoms with Crippen molar-refractivity contribution < 1.29 is 25.2 Å². The van der Waals surface area contributed by atoms with Crippen LogP contribution in [0.25, 0.3) is 0 Å². The summed E-state index contributed by atoms with van der Waals surface area (Å²) in [5, 5.41) is 38.2. The molecule has 2 rings (SSSR count). The van der Waals surface area contributed by atoms with Gasteiger partial charge in [0.05, 0.1) is 6.61 Å². The maximum Gasteiger partial charge on any atom is 0.113 e. The van der Waals surface area contributed by atoms with Gasteiger partial charge in [-0.3, -0.25) is 0 Å². The lowest BCUT2D eigenvalue weighted by Crippen LogP contribution is -2.55. The fraction of sp³-hybridized carbons (Fsp3) is 0.500. The van der Waals surface area contributed by atoms with E-state index >= 15 is 0 Å². The molecule has 5 atom stereocenters. The van der Waals surface area contributed by atoms with Crippen LogP contribution in [-0.2, 0) is 4.74 Å². The van der Waals surface area contributed by atoms with Gasteiger partial charge >= 0.3 is 0 Å². The summed E-state index contributed by atoms with van der Waals surface area (Å²) in [6.07, 6.45) is -5.46. The van der Waals surface area contributed by atoms with Crippen LogP contribution in [0, 0.1) is 0 Å². The molecule has 0 radical (unpaired) electrons. The molecule has 1 heterocycles. The van der Waals surface area contributed by atoms with Gasteiger partial charge in [0.1, 0.15) is 30.5 Å². The second-order valence-electron chi connectivity index (χ2n) is 4.16. The van der Waals surface area contributed by atoms with Crippen LogP contribution in [-0.4, -0.2) is 51.4 Å². The number of benzene rings is 1. The van der Waals surface area contributed by atoms with Crippen molar-refractivity contribution >= 4 is 0 Å². The van der Waals surface area contributed by atoms with Gasteiger partial charge in [-0.15, -0.1) is 0 Å². The minimum absolute atomic E-state index is 0.408. The molecule has 0 aliphatic carbocycles. The summed E-state index contributed by atoms with van der Waals surface area (Å²) in [4.78, 5) is 0. The Labute approximate surface area is 98.9 Å². The third-order valence-corrected chi connectivity index (χ3v) is 3.02. The van der Waals surface area contributed by atoms with Crippen LogP contribution in [0.2, 0.25) is 0 Å². The Morgan fingerprint density at radius 1 is 0.941 bits per heavy atom. The molecule has 1 aliphatic rings. The van der Waals surface area contributed by atoms with Crippen molar-refractivity contribution in [3.05, 3.63) is 35.9 Å². The van der Waals surface area contributed by atoms with Crippen molar-refractivity contribution in [1.82, 2.24) is 0 Å². The molecule has 0 saturated carbocycles. The van der Waals surface area contributed by atoms with Crippen LogP contribution < -0.4 is 0 Å². The summed E-state index contributed by atoms with van der Waals surface area (Å²) in [6, 6.07) is 8.92. The predicted molar refractivity (Wildman–Crippen MR) is 59.2 cm³/mol. The van der Waals surface area contributed by atoms with E-state index in [-0.39, 0.29) is 0 Å². The predicted octanol–water partition coefficient (Wildman–Crippen LogP) is -0.799. The highest BCUT2D eigenvalue weighted by Gasteiger charge is 2.43. The van der Waals surface area contributed by atoms with E-state index in [1.807, 2.05) is 6.07 Å². The zero-order valence-electron chi connectivity index (χ0n) is 9.18. The Balaban J connectivity index is 2.23. The molecular weight excluding hydrogens is 224 g/mol. The first-order valence-electron chi connectivity index (χ1n) is 5.50. The average molecular weight is 240 g/mol. The zero-order chi connectivity index (χ0) is 12.4. The maximum absolute atomic E-state index is 9.86. The highest BCUT2D eigenvalue weighted by molar-refractivity contribution is 5.20. The lowest BCUT2D eigenvalue weighted by molar-refractivity contribution is -0.231. The molecule has 0 bridgehead atoms. The Morgan fingerprint density at radius 2 is 1.59 bits per heavy atom. The molecule has 4 N–H and O–H groups in total. The van der Waals surface area contributed by atoms with Crippen LogP contribution in [0.3, 0.4) is 0 Å². The zero-order valence-corrected chi connectivity index (χ0v) is 9.18. The number of aliphatic hydroxyl groups excluding tert-OH is 4. The van der Waals surface area contributed by atoms with Gasteiger partial charge in [0, 0.05) is 0 Å². The molecule has 1 aromatic rings. The summed E-state index contributed by atoms with van der Waals surface area (Å²) in [5.74, 6) is 0.